The van der Waals surface area contributed by atoms with Crippen molar-refractivity contribution in [3.63, 3.8) is 0 Å². The number of hydrogen-bond acceptors (Lipinski definition) is 4. The van der Waals surface area contributed by atoms with Gasteiger partial charge in [-0.25, -0.2) is 0 Å². The van der Waals surface area contributed by atoms with Crippen LogP contribution in [0.5, 0.6) is 5.75 Å². The zero-order valence-electron chi connectivity index (χ0n) is 15.7. The van der Waals surface area contributed by atoms with Gasteiger partial charge in [0.2, 0.25) is 5.91 Å². The van der Waals surface area contributed by atoms with Gasteiger partial charge in [0.1, 0.15) is 12.4 Å². The van der Waals surface area contributed by atoms with Crippen LogP contribution in [0.15, 0.2) is 42.5 Å². The Kier molecular flexibility index (Phi) is 6.90. The number of rotatable bonds is 8. The van der Waals surface area contributed by atoms with Crippen LogP contribution in [-0.2, 0) is 16.1 Å². The number of anilines is 1. The molecule has 1 fully saturated rings. The summed E-state index contributed by atoms with van der Waals surface area (Å²) < 4.78 is 10.6. The fourth-order valence-electron chi connectivity index (χ4n) is 3.09. The van der Waals surface area contributed by atoms with Crippen LogP contribution in [0, 0.1) is 0 Å². The summed E-state index contributed by atoms with van der Waals surface area (Å²) in [5, 5.41) is 3.40. The van der Waals surface area contributed by atoms with Gasteiger partial charge >= 0.3 is 0 Å². The molecule has 2 amide bonds. The Labute approximate surface area is 169 Å². The number of benzene rings is 2. The van der Waals surface area contributed by atoms with Gasteiger partial charge in [0, 0.05) is 31.6 Å². The van der Waals surface area contributed by atoms with Gasteiger partial charge < -0.3 is 19.7 Å². The zero-order valence-corrected chi connectivity index (χ0v) is 16.5. The molecule has 2 aromatic carbocycles. The number of nitrogens with one attached hydrogen (secondary N) is 1. The molecule has 2 aromatic rings. The SMILES string of the molecule is COCCOc1cccc(CNC(=O)c2ccc(Cl)cc2N2CCCC2=O)c1. The highest BCUT2D eigenvalue weighted by atomic mass is 35.5. The first-order valence-corrected chi connectivity index (χ1v) is 9.55. The monoisotopic (exact) mass is 402 g/mol. The van der Waals surface area contributed by atoms with Gasteiger partial charge in [-0.2, -0.15) is 0 Å². The summed E-state index contributed by atoms with van der Waals surface area (Å²) in [6.45, 7) is 1.91. The van der Waals surface area contributed by atoms with Crippen molar-refractivity contribution in [3.05, 3.63) is 58.6 Å². The van der Waals surface area contributed by atoms with E-state index in [-0.39, 0.29) is 11.8 Å². The van der Waals surface area contributed by atoms with E-state index in [0.717, 1.165) is 17.7 Å². The molecule has 3 rings (SSSR count). The normalized spacial score (nSPS) is 13.6. The third kappa shape index (κ3) is 5.03. The van der Waals surface area contributed by atoms with Crippen molar-refractivity contribution in [2.45, 2.75) is 19.4 Å². The quantitative estimate of drug-likeness (QED) is 0.687. The number of ether oxygens (including phenoxy) is 2. The molecule has 0 spiro atoms. The predicted molar refractivity (Wildman–Crippen MR) is 108 cm³/mol. The second kappa shape index (κ2) is 9.57. The average Bonchev–Trinajstić information content (AvgIpc) is 3.12. The summed E-state index contributed by atoms with van der Waals surface area (Å²) in [6.07, 6.45) is 1.27. The van der Waals surface area contributed by atoms with E-state index in [4.69, 9.17) is 21.1 Å². The molecule has 1 saturated heterocycles. The first-order valence-electron chi connectivity index (χ1n) is 9.17. The summed E-state index contributed by atoms with van der Waals surface area (Å²) in [5.41, 5.74) is 1.91. The molecule has 7 heteroatoms. The smallest absolute Gasteiger partial charge is 0.253 e. The number of carbonyl (C=O) groups excluding carboxylic acids is 2. The van der Waals surface area contributed by atoms with Gasteiger partial charge in [-0.05, 0) is 42.3 Å². The largest absolute Gasteiger partial charge is 0.491 e. The summed E-state index contributed by atoms with van der Waals surface area (Å²) in [7, 11) is 1.62. The number of carbonyl (C=O) groups is 2. The Morgan fingerprint density at radius 1 is 1.21 bits per heavy atom. The molecule has 0 aliphatic carbocycles. The fourth-order valence-corrected chi connectivity index (χ4v) is 3.25. The third-order valence-electron chi connectivity index (χ3n) is 4.48. The Bertz CT molecular complexity index is 856. The molecule has 1 N–H and O–H groups in total. The van der Waals surface area contributed by atoms with Crippen LogP contribution in [-0.4, -0.2) is 38.7 Å². The van der Waals surface area contributed by atoms with E-state index in [1.165, 1.54) is 0 Å². The van der Waals surface area contributed by atoms with Crippen LogP contribution in [0.2, 0.25) is 5.02 Å². The van der Waals surface area contributed by atoms with Crippen LogP contribution in [0.25, 0.3) is 0 Å². The van der Waals surface area contributed by atoms with Crippen molar-refractivity contribution in [1.82, 2.24) is 5.32 Å². The molecule has 0 saturated carbocycles. The zero-order chi connectivity index (χ0) is 19.9. The van der Waals surface area contributed by atoms with Crippen LogP contribution in [0.1, 0.15) is 28.8 Å². The summed E-state index contributed by atoms with van der Waals surface area (Å²) in [4.78, 5) is 26.5. The van der Waals surface area contributed by atoms with Crippen LogP contribution < -0.4 is 15.0 Å². The lowest BCUT2D eigenvalue weighted by atomic mass is 10.1. The molecule has 0 aromatic heterocycles. The molecular formula is C21H23ClN2O4. The molecule has 6 nitrogen and oxygen atoms in total. The fraction of sp³-hybridized carbons (Fsp3) is 0.333. The Balaban J connectivity index is 1.69. The second-order valence-electron chi connectivity index (χ2n) is 6.48. The first kappa shape index (κ1) is 20.2. The maximum atomic E-state index is 12.8. The van der Waals surface area contributed by atoms with Gasteiger partial charge in [0.15, 0.2) is 0 Å². The maximum absolute atomic E-state index is 12.8. The lowest BCUT2D eigenvalue weighted by Crippen LogP contribution is -2.29. The maximum Gasteiger partial charge on any atom is 0.253 e. The Morgan fingerprint density at radius 3 is 2.82 bits per heavy atom. The second-order valence-corrected chi connectivity index (χ2v) is 6.92. The first-order chi connectivity index (χ1) is 13.6. The number of nitrogens with zero attached hydrogens (tertiary/aromatic N) is 1. The van der Waals surface area contributed by atoms with Crippen molar-refractivity contribution < 1.29 is 19.1 Å². The van der Waals surface area contributed by atoms with Crippen molar-refractivity contribution in [2.75, 3.05) is 31.8 Å². The van der Waals surface area contributed by atoms with E-state index in [9.17, 15) is 9.59 Å². The molecule has 148 valence electrons. The third-order valence-corrected chi connectivity index (χ3v) is 4.71. The molecule has 0 radical (unpaired) electrons. The van der Waals surface area contributed by atoms with Crippen molar-refractivity contribution in [1.29, 1.82) is 0 Å². The van der Waals surface area contributed by atoms with E-state index in [1.54, 1.807) is 30.2 Å². The van der Waals surface area contributed by atoms with Crippen molar-refractivity contribution in [3.8, 4) is 5.75 Å². The molecule has 1 aliphatic heterocycles. The summed E-state index contributed by atoms with van der Waals surface area (Å²) in [5.74, 6) is 0.480. The minimum absolute atomic E-state index is 0.0113. The lowest BCUT2D eigenvalue weighted by Gasteiger charge is -2.20. The topological polar surface area (TPSA) is 67.9 Å². The molecule has 0 bridgehead atoms. The number of amides is 2. The molecule has 1 aliphatic rings. The number of hydrogen-bond donors (Lipinski definition) is 1. The highest BCUT2D eigenvalue weighted by molar-refractivity contribution is 6.31. The van der Waals surface area contributed by atoms with Crippen LogP contribution in [0.3, 0.4) is 0 Å². The number of methoxy groups -OCH3 is 1. The summed E-state index contributed by atoms with van der Waals surface area (Å²) in [6, 6.07) is 12.5. The molecule has 28 heavy (non-hydrogen) atoms. The minimum atomic E-state index is -0.253. The Hall–Kier alpha value is -2.57. The van der Waals surface area contributed by atoms with Crippen molar-refractivity contribution >= 4 is 29.1 Å². The minimum Gasteiger partial charge on any atom is -0.491 e. The van der Waals surface area contributed by atoms with Crippen LogP contribution >= 0.6 is 11.6 Å². The molecular weight excluding hydrogens is 380 g/mol. The van der Waals surface area contributed by atoms with Gasteiger partial charge in [-0.1, -0.05) is 23.7 Å². The highest BCUT2D eigenvalue weighted by Crippen LogP contribution is 2.28. The highest BCUT2D eigenvalue weighted by Gasteiger charge is 2.26. The van der Waals surface area contributed by atoms with Gasteiger partial charge in [-0.15, -0.1) is 0 Å². The van der Waals surface area contributed by atoms with E-state index < -0.39 is 0 Å². The van der Waals surface area contributed by atoms with E-state index in [1.807, 2.05) is 24.3 Å². The van der Waals surface area contributed by atoms with Gasteiger partial charge in [-0.3, -0.25) is 9.59 Å². The lowest BCUT2D eigenvalue weighted by molar-refractivity contribution is -0.117. The molecule has 0 atom stereocenters. The van der Waals surface area contributed by atoms with Gasteiger partial charge in [0.05, 0.1) is 17.9 Å². The van der Waals surface area contributed by atoms with E-state index in [0.29, 0.717) is 49.0 Å². The molecule has 1 heterocycles. The van der Waals surface area contributed by atoms with E-state index in [2.05, 4.69) is 5.32 Å². The number of halogens is 1. The summed E-state index contributed by atoms with van der Waals surface area (Å²) >= 11 is 6.10. The van der Waals surface area contributed by atoms with Crippen LogP contribution in [0.4, 0.5) is 5.69 Å². The predicted octanol–water partition coefficient (Wildman–Crippen LogP) is 3.42. The van der Waals surface area contributed by atoms with E-state index >= 15 is 0 Å². The average molecular weight is 403 g/mol. The Morgan fingerprint density at radius 2 is 2.07 bits per heavy atom. The van der Waals surface area contributed by atoms with Crippen molar-refractivity contribution in [2.24, 2.45) is 0 Å². The van der Waals surface area contributed by atoms with Gasteiger partial charge in [0.25, 0.3) is 5.91 Å². The molecule has 0 unspecified atom stereocenters. The standard InChI is InChI=1S/C21H23ClN2O4/c1-27-10-11-28-17-5-2-4-15(12-17)14-23-21(26)18-8-7-16(22)13-19(18)24-9-3-6-20(24)25/h2,4-5,7-8,12-13H,3,6,9-11,14H2,1H3,(H,23,26).